The smallest absolute Gasteiger partial charge is 0.324 e. The number of thiophene rings is 1. The minimum absolute atomic E-state index is 0.0210. The Morgan fingerprint density at radius 2 is 1.80 bits per heavy atom. The minimum atomic E-state index is -0.383. The van der Waals surface area contributed by atoms with E-state index in [4.69, 9.17) is 11.6 Å². The molecule has 0 fully saturated rings. The molecule has 5 rings (SSSR count). The van der Waals surface area contributed by atoms with E-state index >= 15 is 0 Å². The van der Waals surface area contributed by atoms with Crippen molar-refractivity contribution in [1.82, 2.24) is 10.2 Å². The van der Waals surface area contributed by atoms with Crippen molar-refractivity contribution in [3.05, 3.63) is 98.2 Å². The number of urea groups is 1. The van der Waals surface area contributed by atoms with Crippen molar-refractivity contribution in [2.24, 2.45) is 5.18 Å². The average molecular weight is 590 g/mol. The summed E-state index contributed by atoms with van der Waals surface area (Å²) in [5, 5.41) is 15.5. The molecule has 2 heterocycles. The number of benzene rings is 3. The van der Waals surface area contributed by atoms with Gasteiger partial charge < -0.3 is 10.6 Å². The van der Waals surface area contributed by atoms with Gasteiger partial charge in [-0.15, -0.1) is 11.3 Å². The van der Waals surface area contributed by atoms with E-state index in [0.717, 1.165) is 48.5 Å². The molecule has 0 bridgehead atoms. The molecule has 3 N–H and O–H groups in total. The number of carbonyl (C=O) groups is 2. The van der Waals surface area contributed by atoms with Crippen LogP contribution in [0.3, 0.4) is 0 Å². The van der Waals surface area contributed by atoms with Gasteiger partial charge in [0.1, 0.15) is 11.5 Å². The Balaban J connectivity index is 1.09. The fraction of sp³-hybridized carbons (Fsp3) is 0.290. The number of nitroso groups, excluding NO2 is 1. The number of amides is 3. The van der Waals surface area contributed by atoms with Gasteiger partial charge in [-0.05, 0) is 65.4 Å². The number of carbonyl (C=O) groups excluding carboxylic acids is 2. The maximum Gasteiger partial charge on any atom is 0.324 e. The van der Waals surface area contributed by atoms with Gasteiger partial charge in [-0.2, -0.15) is 4.91 Å². The molecule has 0 radical (unpaired) electrons. The van der Waals surface area contributed by atoms with Crippen LogP contribution in [0.2, 0.25) is 5.02 Å². The number of fused-ring (bicyclic) bond motifs is 2. The van der Waals surface area contributed by atoms with E-state index in [1.54, 1.807) is 24.3 Å². The molecule has 3 aromatic carbocycles. The number of aryl methyl sites for hydroxylation is 1. The second-order valence-electron chi connectivity index (χ2n) is 10.1. The van der Waals surface area contributed by atoms with Crippen LogP contribution in [0.4, 0.5) is 15.5 Å². The first kappa shape index (κ1) is 28.7. The number of hydrogen-bond donors (Lipinski definition) is 3. The Bertz CT molecular complexity index is 1530. The van der Waals surface area contributed by atoms with Gasteiger partial charge in [0.15, 0.2) is 0 Å². The van der Waals surface area contributed by atoms with Crippen molar-refractivity contribution < 1.29 is 9.59 Å². The predicted molar refractivity (Wildman–Crippen MR) is 167 cm³/mol. The molecule has 8 nitrogen and oxygen atoms in total. The summed E-state index contributed by atoms with van der Waals surface area (Å²) in [5.41, 5.74) is 3.72. The SMILES string of the molecule is O=NCc1c(NC(=O)Nc2ccc(Cl)cc2)sc2c1CCN(CCCNC(=O)CCc1cccc3ccccc13)C2. The Kier molecular flexibility index (Phi) is 9.61. The highest BCUT2D eigenvalue weighted by molar-refractivity contribution is 7.16. The van der Waals surface area contributed by atoms with Crippen molar-refractivity contribution in [3.63, 3.8) is 0 Å². The number of anilines is 2. The van der Waals surface area contributed by atoms with E-state index < -0.39 is 0 Å². The Labute approximate surface area is 248 Å². The number of halogens is 1. The van der Waals surface area contributed by atoms with Gasteiger partial charge in [-0.1, -0.05) is 59.2 Å². The summed E-state index contributed by atoms with van der Waals surface area (Å²) in [4.78, 5) is 39.7. The molecule has 0 aliphatic carbocycles. The summed E-state index contributed by atoms with van der Waals surface area (Å²) in [6, 6.07) is 21.0. The lowest BCUT2D eigenvalue weighted by atomic mass is 10.0. The van der Waals surface area contributed by atoms with Crippen molar-refractivity contribution in [3.8, 4) is 0 Å². The lowest BCUT2D eigenvalue weighted by Crippen LogP contribution is -2.33. The van der Waals surface area contributed by atoms with E-state index in [0.29, 0.717) is 35.1 Å². The van der Waals surface area contributed by atoms with Gasteiger partial charge in [0.25, 0.3) is 0 Å². The molecule has 0 saturated heterocycles. The molecule has 3 amide bonds. The van der Waals surface area contributed by atoms with Crippen LogP contribution in [-0.2, 0) is 30.7 Å². The third-order valence-corrected chi connectivity index (χ3v) is 8.70. The summed E-state index contributed by atoms with van der Waals surface area (Å²) < 4.78 is 0. The van der Waals surface area contributed by atoms with Crippen molar-refractivity contribution in [2.45, 2.75) is 38.8 Å². The molecule has 10 heteroatoms. The van der Waals surface area contributed by atoms with Crippen LogP contribution in [-0.4, -0.2) is 36.5 Å². The Morgan fingerprint density at radius 1 is 1.00 bits per heavy atom. The van der Waals surface area contributed by atoms with E-state index in [9.17, 15) is 14.5 Å². The summed E-state index contributed by atoms with van der Waals surface area (Å²) in [6.07, 6.45) is 2.81. The number of nitrogens with zero attached hydrogens (tertiary/aromatic N) is 2. The zero-order valence-electron chi connectivity index (χ0n) is 22.6. The Hall–Kier alpha value is -3.79. The van der Waals surface area contributed by atoms with Crippen molar-refractivity contribution in [2.75, 3.05) is 30.3 Å². The largest absolute Gasteiger partial charge is 0.356 e. The highest BCUT2D eigenvalue weighted by Gasteiger charge is 2.25. The van der Waals surface area contributed by atoms with Crippen molar-refractivity contribution >= 4 is 56.3 Å². The minimum Gasteiger partial charge on any atom is -0.356 e. The number of hydrogen-bond acceptors (Lipinski definition) is 6. The molecule has 41 heavy (non-hydrogen) atoms. The normalized spacial score (nSPS) is 13.0. The molecule has 212 valence electrons. The van der Waals surface area contributed by atoms with E-state index in [-0.39, 0.29) is 18.5 Å². The van der Waals surface area contributed by atoms with Crippen LogP contribution in [0.25, 0.3) is 10.8 Å². The van der Waals surface area contributed by atoms with Crippen LogP contribution in [0.1, 0.15) is 34.4 Å². The van der Waals surface area contributed by atoms with Gasteiger partial charge >= 0.3 is 6.03 Å². The quantitative estimate of drug-likeness (QED) is 0.130. The molecule has 4 aromatic rings. The van der Waals surface area contributed by atoms with Crippen LogP contribution in [0, 0.1) is 4.91 Å². The molecule has 1 aromatic heterocycles. The highest BCUT2D eigenvalue weighted by Crippen LogP contribution is 2.37. The van der Waals surface area contributed by atoms with Crippen LogP contribution < -0.4 is 16.0 Å². The lowest BCUT2D eigenvalue weighted by molar-refractivity contribution is -0.121. The zero-order chi connectivity index (χ0) is 28.6. The first-order chi connectivity index (χ1) is 20.0. The topological polar surface area (TPSA) is 103 Å². The zero-order valence-corrected chi connectivity index (χ0v) is 24.2. The second-order valence-corrected chi connectivity index (χ2v) is 11.6. The van der Waals surface area contributed by atoms with Gasteiger partial charge in [0.2, 0.25) is 5.91 Å². The molecular formula is C31H32ClN5O3S. The molecule has 1 aliphatic heterocycles. The van der Waals surface area contributed by atoms with Gasteiger partial charge in [0.05, 0.1) is 0 Å². The van der Waals surface area contributed by atoms with Crippen LogP contribution in [0.15, 0.2) is 71.9 Å². The third-order valence-electron chi connectivity index (χ3n) is 7.27. The summed E-state index contributed by atoms with van der Waals surface area (Å²) in [5.74, 6) is 0.0655. The monoisotopic (exact) mass is 589 g/mol. The van der Waals surface area contributed by atoms with Gasteiger partial charge in [-0.3, -0.25) is 15.0 Å². The maximum absolute atomic E-state index is 12.6. The fourth-order valence-electron chi connectivity index (χ4n) is 5.22. The maximum atomic E-state index is 12.6. The Morgan fingerprint density at radius 3 is 2.63 bits per heavy atom. The molecular weight excluding hydrogens is 558 g/mol. The summed E-state index contributed by atoms with van der Waals surface area (Å²) >= 11 is 7.41. The number of rotatable bonds is 11. The number of nitrogens with one attached hydrogen (secondary N) is 3. The average Bonchev–Trinajstić information content (AvgIpc) is 3.31. The second kappa shape index (κ2) is 13.7. The molecule has 0 saturated carbocycles. The van der Waals surface area contributed by atoms with E-state index in [1.165, 1.54) is 27.7 Å². The van der Waals surface area contributed by atoms with Crippen molar-refractivity contribution in [1.29, 1.82) is 0 Å². The highest BCUT2D eigenvalue weighted by atomic mass is 35.5. The van der Waals surface area contributed by atoms with Gasteiger partial charge in [-0.25, -0.2) is 4.79 Å². The van der Waals surface area contributed by atoms with E-state index in [2.05, 4.69) is 50.3 Å². The standard InChI is InChI=1S/C31H32ClN5O3S/c32-23-10-12-24(13-11-23)35-31(39)36-30-27(19-34-40)26-15-18-37(20-28(26)41-30)17-4-16-33-29(38)14-9-22-7-3-6-21-5-1-2-8-25(21)22/h1-3,5-8,10-13H,4,9,14-20H2,(H,33,38)(H2,35,36,39). The molecule has 0 atom stereocenters. The van der Waals surface area contributed by atoms with Crippen LogP contribution in [0.5, 0.6) is 0 Å². The fourth-order valence-corrected chi connectivity index (χ4v) is 6.64. The first-order valence-electron chi connectivity index (χ1n) is 13.7. The van der Waals surface area contributed by atoms with Crippen LogP contribution >= 0.6 is 22.9 Å². The van der Waals surface area contributed by atoms with E-state index in [1.807, 2.05) is 18.2 Å². The first-order valence-corrected chi connectivity index (χ1v) is 14.9. The summed E-state index contributed by atoms with van der Waals surface area (Å²) in [7, 11) is 0. The molecule has 1 aliphatic rings. The third kappa shape index (κ3) is 7.49. The van der Waals surface area contributed by atoms with Gasteiger partial charge in [0, 0.05) is 53.8 Å². The molecule has 0 unspecified atom stereocenters. The predicted octanol–water partition coefficient (Wildman–Crippen LogP) is 6.96. The molecule has 0 spiro atoms. The summed E-state index contributed by atoms with van der Waals surface area (Å²) in [6.45, 7) is 3.08. The lowest BCUT2D eigenvalue weighted by Gasteiger charge is -2.27.